The van der Waals surface area contributed by atoms with Gasteiger partial charge < -0.3 is 14.2 Å². The van der Waals surface area contributed by atoms with Crippen molar-refractivity contribution in [1.29, 1.82) is 0 Å². The minimum atomic E-state index is -0.351. The Labute approximate surface area is 174 Å². The van der Waals surface area contributed by atoms with Crippen molar-refractivity contribution in [3.05, 3.63) is 23.8 Å². The lowest BCUT2D eigenvalue weighted by atomic mass is 9.67. The zero-order valence-electron chi connectivity index (χ0n) is 18.7. The van der Waals surface area contributed by atoms with Crippen molar-refractivity contribution < 1.29 is 23.8 Å². The molecule has 0 aromatic carbocycles. The molecule has 29 heavy (non-hydrogen) atoms. The average molecular weight is 405 g/mol. The molecule has 2 unspecified atom stereocenters. The molecular weight excluding hydrogens is 368 g/mol. The quantitative estimate of drug-likeness (QED) is 0.386. The molecule has 162 valence electrons. The van der Waals surface area contributed by atoms with E-state index in [4.69, 9.17) is 14.2 Å². The van der Waals surface area contributed by atoms with E-state index in [1.54, 1.807) is 0 Å². The van der Waals surface area contributed by atoms with E-state index >= 15 is 0 Å². The lowest BCUT2D eigenvalue weighted by molar-refractivity contribution is -0.163. The molecule has 1 saturated carbocycles. The molecule has 0 amide bonds. The first-order valence-corrected chi connectivity index (χ1v) is 10.8. The number of hydrogen-bond acceptors (Lipinski definition) is 5. The summed E-state index contributed by atoms with van der Waals surface area (Å²) in [5.74, 6) is -0.347. The van der Waals surface area contributed by atoms with Crippen molar-refractivity contribution in [2.75, 3.05) is 0 Å². The van der Waals surface area contributed by atoms with Crippen molar-refractivity contribution in [2.24, 2.45) is 17.3 Å². The van der Waals surface area contributed by atoms with E-state index in [-0.39, 0.29) is 53.1 Å². The molecule has 0 aromatic rings. The smallest absolute Gasteiger partial charge is 0.303 e. The van der Waals surface area contributed by atoms with E-state index in [1.807, 2.05) is 6.92 Å². The first-order valence-electron chi connectivity index (χ1n) is 10.8. The van der Waals surface area contributed by atoms with Gasteiger partial charge in [-0.25, -0.2) is 0 Å². The van der Waals surface area contributed by atoms with E-state index in [9.17, 15) is 9.59 Å². The largest absolute Gasteiger partial charge is 0.462 e. The lowest BCUT2D eigenvalue weighted by Gasteiger charge is -2.43. The fraction of sp³-hybridized carbons (Fsp3) is 0.750. The molecule has 3 aliphatic rings. The van der Waals surface area contributed by atoms with Gasteiger partial charge in [-0.15, -0.1) is 0 Å². The molecule has 5 nitrogen and oxygen atoms in total. The number of carbonyl (C=O) groups is 2. The zero-order chi connectivity index (χ0) is 21.6. The molecule has 5 heteroatoms. The van der Waals surface area contributed by atoms with Gasteiger partial charge in [0.05, 0.1) is 11.7 Å². The van der Waals surface area contributed by atoms with Gasteiger partial charge in [0, 0.05) is 31.6 Å². The first kappa shape index (κ1) is 22.1. The molecule has 0 N–H and O–H groups in total. The van der Waals surface area contributed by atoms with Gasteiger partial charge in [-0.05, 0) is 58.4 Å². The number of carbonyl (C=O) groups excluding carboxylic acids is 2. The predicted octanol–water partition coefficient (Wildman–Crippen LogP) is 4.75. The Bertz CT molecular complexity index is 725. The molecule has 1 aliphatic heterocycles. The van der Waals surface area contributed by atoms with Gasteiger partial charge >= 0.3 is 11.9 Å². The average Bonchev–Trinajstić information content (AvgIpc) is 3.07. The number of ether oxygens (including phenoxy) is 3. The fourth-order valence-corrected chi connectivity index (χ4v) is 5.77. The fourth-order valence-electron chi connectivity index (χ4n) is 5.77. The van der Waals surface area contributed by atoms with Crippen LogP contribution in [0, 0.1) is 17.3 Å². The summed E-state index contributed by atoms with van der Waals surface area (Å²) in [5.41, 5.74) is 1.68. The standard InChI is InChI=1S/C24H36O5/c1-14(2)18-10-11-23(6)21(28-17(5)26)12-15(3)8-9-20-24(7,29-20)13-19(22(18)23)27-16(4)25/h12,18-22H,1,8-11,13H2,2-7H3/b15-12+/t18-,19?,20+,21+,22?,23+,24-/m0/s1. The topological polar surface area (TPSA) is 65.1 Å². The molecule has 1 saturated heterocycles. The van der Waals surface area contributed by atoms with Crippen LogP contribution in [0.4, 0.5) is 0 Å². The van der Waals surface area contributed by atoms with Crippen LogP contribution in [0.15, 0.2) is 23.8 Å². The second-order valence-corrected chi connectivity index (χ2v) is 9.88. The van der Waals surface area contributed by atoms with Crippen molar-refractivity contribution in [2.45, 2.75) is 97.6 Å². The van der Waals surface area contributed by atoms with Crippen LogP contribution < -0.4 is 0 Å². The predicted molar refractivity (Wildman–Crippen MR) is 111 cm³/mol. The van der Waals surface area contributed by atoms with E-state index in [2.05, 4.69) is 33.4 Å². The van der Waals surface area contributed by atoms with Crippen LogP contribution in [-0.2, 0) is 23.8 Å². The molecule has 0 bridgehead atoms. The number of allylic oxidation sites excluding steroid dienone is 2. The third kappa shape index (κ3) is 4.45. The minimum absolute atomic E-state index is 0.0112. The van der Waals surface area contributed by atoms with Crippen molar-refractivity contribution in [3.8, 4) is 0 Å². The molecule has 2 aliphatic carbocycles. The Morgan fingerprint density at radius 3 is 2.38 bits per heavy atom. The summed E-state index contributed by atoms with van der Waals surface area (Å²) in [7, 11) is 0. The number of rotatable bonds is 3. The third-order valence-corrected chi connectivity index (χ3v) is 7.36. The van der Waals surface area contributed by atoms with Gasteiger partial charge in [-0.1, -0.05) is 24.6 Å². The van der Waals surface area contributed by atoms with Crippen LogP contribution in [0.1, 0.15) is 73.6 Å². The third-order valence-electron chi connectivity index (χ3n) is 7.36. The summed E-state index contributed by atoms with van der Waals surface area (Å²) in [6, 6.07) is 0. The summed E-state index contributed by atoms with van der Waals surface area (Å²) in [4.78, 5) is 24.0. The van der Waals surface area contributed by atoms with Crippen LogP contribution in [-0.4, -0.2) is 35.9 Å². The molecule has 3 rings (SSSR count). The Balaban J connectivity index is 2.10. The molecule has 1 heterocycles. The minimum Gasteiger partial charge on any atom is -0.462 e. The normalized spacial score (nSPS) is 43.7. The van der Waals surface area contributed by atoms with Crippen LogP contribution in [0.2, 0.25) is 0 Å². The SMILES string of the molecule is C=C(C)[C@@H]1CC[C@@]2(C)C1C(OC(C)=O)C[C@]1(C)O[C@@H]1CC/C(C)=C/[C@H]2OC(C)=O. The second-order valence-electron chi connectivity index (χ2n) is 9.88. The maximum atomic E-state index is 12.1. The Morgan fingerprint density at radius 1 is 1.14 bits per heavy atom. The van der Waals surface area contributed by atoms with Gasteiger partial charge in [-0.2, -0.15) is 0 Å². The highest BCUT2D eigenvalue weighted by Crippen LogP contribution is 2.57. The maximum Gasteiger partial charge on any atom is 0.303 e. The summed E-state index contributed by atoms with van der Waals surface area (Å²) in [6.45, 7) is 15.6. The van der Waals surface area contributed by atoms with Gasteiger partial charge in [0.1, 0.15) is 12.2 Å². The molecule has 2 fully saturated rings. The maximum absolute atomic E-state index is 12.1. The van der Waals surface area contributed by atoms with Gasteiger partial charge in [0.15, 0.2) is 0 Å². The number of fused-ring (bicyclic) bond motifs is 2. The van der Waals surface area contributed by atoms with Crippen molar-refractivity contribution >= 4 is 11.9 Å². The van der Waals surface area contributed by atoms with Gasteiger partial charge in [-0.3, -0.25) is 9.59 Å². The van der Waals surface area contributed by atoms with E-state index in [0.717, 1.165) is 31.3 Å². The van der Waals surface area contributed by atoms with E-state index in [1.165, 1.54) is 19.4 Å². The first-order chi connectivity index (χ1) is 13.5. The van der Waals surface area contributed by atoms with Gasteiger partial charge in [0.25, 0.3) is 0 Å². The molecule has 0 spiro atoms. The van der Waals surface area contributed by atoms with E-state index < -0.39 is 0 Å². The number of epoxide rings is 1. The van der Waals surface area contributed by atoms with E-state index in [0.29, 0.717) is 6.42 Å². The van der Waals surface area contributed by atoms with Gasteiger partial charge in [0.2, 0.25) is 0 Å². The Hall–Kier alpha value is -1.62. The Kier molecular flexibility index (Phi) is 6.01. The lowest BCUT2D eigenvalue weighted by Crippen LogP contribution is -2.47. The van der Waals surface area contributed by atoms with Crippen LogP contribution >= 0.6 is 0 Å². The molecular formula is C24H36O5. The summed E-state index contributed by atoms with van der Waals surface area (Å²) < 4.78 is 17.9. The molecule has 0 radical (unpaired) electrons. The van der Waals surface area contributed by atoms with Crippen molar-refractivity contribution in [1.82, 2.24) is 0 Å². The highest BCUT2D eigenvalue weighted by atomic mass is 16.6. The highest BCUT2D eigenvalue weighted by molar-refractivity contribution is 5.67. The summed E-state index contributed by atoms with van der Waals surface area (Å²) >= 11 is 0. The molecule has 7 atom stereocenters. The summed E-state index contributed by atoms with van der Waals surface area (Å²) in [6.07, 6.45) is 5.94. The number of hydrogen-bond donors (Lipinski definition) is 0. The zero-order valence-corrected chi connectivity index (χ0v) is 18.7. The summed E-state index contributed by atoms with van der Waals surface area (Å²) in [5, 5.41) is 0. The highest BCUT2D eigenvalue weighted by Gasteiger charge is 2.60. The number of esters is 2. The second kappa shape index (κ2) is 7.90. The van der Waals surface area contributed by atoms with Crippen LogP contribution in [0.3, 0.4) is 0 Å². The van der Waals surface area contributed by atoms with Crippen LogP contribution in [0.25, 0.3) is 0 Å². The van der Waals surface area contributed by atoms with Crippen molar-refractivity contribution in [3.63, 3.8) is 0 Å². The molecule has 0 aromatic heterocycles. The Morgan fingerprint density at radius 2 is 1.79 bits per heavy atom. The van der Waals surface area contributed by atoms with Crippen LogP contribution in [0.5, 0.6) is 0 Å². The monoisotopic (exact) mass is 404 g/mol.